The normalized spacial score (nSPS) is 13.1. The molecule has 1 fully saturated rings. The predicted molar refractivity (Wildman–Crippen MR) is 154 cm³/mol. The van der Waals surface area contributed by atoms with Crippen LogP contribution in [0.15, 0.2) is 73.1 Å². The fourth-order valence-electron chi connectivity index (χ4n) is 4.43. The molecule has 1 aliphatic heterocycles. The fraction of sp³-hybridized carbons (Fsp3) is 0.194. The zero-order chi connectivity index (χ0) is 31.3. The number of anilines is 2. The van der Waals surface area contributed by atoms with Crippen LogP contribution in [0.1, 0.15) is 37.5 Å². The maximum Gasteiger partial charge on any atom is 0.416 e. The van der Waals surface area contributed by atoms with Crippen LogP contribution in [-0.2, 0) is 6.18 Å². The number of nitrogens with zero attached hydrogens (tertiary/aromatic N) is 5. The molecule has 44 heavy (non-hydrogen) atoms. The Morgan fingerprint density at radius 2 is 1.64 bits per heavy atom. The SMILES string of the molecule is COc1ccc(NC(=O)c2ccc(N3CCN(C(=O)c4cc(C#Cc5cncc(O)c5)cc(C(F)(F)F)c4)CC3)nn2)cc1. The van der Waals surface area contributed by atoms with Gasteiger partial charge in [0.15, 0.2) is 11.5 Å². The van der Waals surface area contributed by atoms with Gasteiger partial charge in [-0.25, -0.2) is 0 Å². The molecular weight excluding hydrogens is 577 g/mol. The molecule has 0 radical (unpaired) electrons. The first-order valence-corrected chi connectivity index (χ1v) is 13.3. The highest BCUT2D eigenvalue weighted by atomic mass is 19.4. The van der Waals surface area contributed by atoms with Crippen molar-refractivity contribution in [2.24, 2.45) is 0 Å². The molecule has 4 aromatic rings. The third-order valence-electron chi connectivity index (χ3n) is 6.70. The standard InChI is InChI=1S/C31H25F3N6O4/c1-44-26-6-4-24(5-7-26)36-29(42)27-8-9-28(38-37-27)39-10-12-40(13-11-39)30(43)22-14-20(15-23(17-22)31(32,33)34)2-3-21-16-25(41)19-35-18-21/h4-9,14-19,41H,10-13H2,1H3,(H,36,42). The topological polar surface area (TPSA) is 121 Å². The van der Waals surface area contributed by atoms with Crippen LogP contribution >= 0.6 is 0 Å². The van der Waals surface area contributed by atoms with Crippen molar-refractivity contribution >= 4 is 23.3 Å². The molecule has 1 saturated heterocycles. The molecule has 2 aromatic carbocycles. The molecule has 0 spiro atoms. The number of amides is 2. The number of hydrogen-bond donors (Lipinski definition) is 2. The third kappa shape index (κ3) is 7.22. The number of halogens is 3. The van der Waals surface area contributed by atoms with Crippen LogP contribution in [0, 0.1) is 11.8 Å². The van der Waals surface area contributed by atoms with Crippen molar-refractivity contribution in [1.82, 2.24) is 20.1 Å². The summed E-state index contributed by atoms with van der Waals surface area (Å²) in [6.07, 6.45) is -2.12. The van der Waals surface area contributed by atoms with Crippen LogP contribution in [0.5, 0.6) is 11.5 Å². The number of benzene rings is 2. The number of rotatable bonds is 5. The Morgan fingerprint density at radius 3 is 2.27 bits per heavy atom. The van der Waals surface area contributed by atoms with Crippen LogP contribution < -0.4 is 15.0 Å². The summed E-state index contributed by atoms with van der Waals surface area (Å²) in [5, 5.41) is 20.5. The van der Waals surface area contributed by atoms with E-state index in [-0.39, 0.29) is 35.7 Å². The van der Waals surface area contributed by atoms with Gasteiger partial charge in [0, 0.05) is 54.8 Å². The van der Waals surface area contributed by atoms with Crippen molar-refractivity contribution in [3.8, 4) is 23.3 Å². The van der Waals surface area contributed by atoms with Crippen molar-refractivity contribution in [1.29, 1.82) is 0 Å². The summed E-state index contributed by atoms with van der Waals surface area (Å²) >= 11 is 0. The van der Waals surface area contributed by atoms with E-state index >= 15 is 0 Å². The summed E-state index contributed by atoms with van der Waals surface area (Å²) in [7, 11) is 1.55. The molecule has 0 atom stereocenters. The van der Waals surface area contributed by atoms with E-state index < -0.39 is 23.6 Å². The number of carbonyl (C=O) groups excluding carboxylic acids is 2. The van der Waals surface area contributed by atoms with Crippen LogP contribution in [0.4, 0.5) is 24.7 Å². The van der Waals surface area contributed by atoms with Crippen LogP contribution in [0.2, 0.25) is 0 Å². The van der Waals surface area contributed by atoms with Gasteiger partial charge in [-0.2, -0.15) is 13.2 Å². The number of carbonyl (C=O) groups is 2. The van der Waals surface area contributed by atoms with Gasteiger partial charge in [0.1, 0.15) is 11.5 Å². The lowest BCUT2D eigenvalue weighted by Gasteiger charge is -2.35. The van der Waals surface area contributed by atoms with Gasteiger partial charge in [-0.1, -0.05) is 11.8 Å². The molecule has 0 unspecified atom stereocenters. The van der Waals surface area contributed by atoms with Crippen LogP contribution in [0.3, 0.4) is 0 Å². The number of ether oxygens (including phenoxy) is 1. The highest BCUT2D eigenvalue weighted by Crippen LogP contribution is 2.31. The molecule has 2 amide bonds. The minimum Gasteiger partial charge on any atom is -0.506 e. The molecule has 5 rings (SSSR count). The van der Waals surface area contributed by atoms with Gasteiger partial charge in [-0.3, -0.25) is 14.6 Å². The Labute approximate surface area is 250 Å². The zero-order valence-corrected chi connectivity index (χ0v) is 23.3. The van der Waals surface area contributed by atoms with Gasteiger partial charge < -0.3 is 25.0 Å². The average molecular weight is 603 g/mol. The average Bonchev–Trinajstić information content (AvgIpc) is 3.03. The summed E-state index contributed by atoms with van der Waals surface area (Å²) < 4.78 is 46.1. The van der Waals surface area contributed by atoms with Crippen molar-refractivity contribution in [2.75, 3.05) is 43.5 Å². The summed E-state index contributed by atoms with van der Waals surface area (Å²) in [4.78, 5) is 32.9. The number of pyridine rings is 1. The maximum atomic E-state index is 13.7. The molecule has 224 valence electrons. The highest BCUT2D eigenvalue weighted by molar-refractivity contribution is 6.02. The Morgan fingerprint density at radius 1 is 0.909 bits per heavy atom. The van der Waals surface area contributed by atoms with Gasteiger partial charge in [0.05, 0.1) is 18.9 Å². The van der Waals surface area contributed by atoms with E-state index in [2.05, 4.69) is 32.3 Å². The van der Waals surface area contributed by atoms with Gasteiger partial charge >= 0.3 is 6.18 Å². The van der Waals surface area contributed by atoms with E-state index in [1.165, 1.54) is 35.5 Å². The summed E-state index contributed by atoms with van der Waals surface area (Å²) in [6.45, 7) is 1.17. The van der Waals surface area contributed by atoms with Crippen LogP contribution in [-0.4, -0.2) is 70.3 Å². The Hall–Kier alpha value is -5.64. The molecular formula is C31H25F3N6O4. The fourth-order valence-corrected chi connectivity index (χ4v) is 4.43. The minimum atomic E-state index is -4.69. The molecule has 2 N–H and O–H groups in total. The second-order valence-corrected chi connectivity index (χ2v) is 9.72. The van der Waals surface area contributed by atoms with Crippen molar-refractivity contribution < 1.29 is 32.6 Å². The minimum absolute atomic E-state index is 0.00320. The Balaban J connectivity index is 1.24. The zero-order valence-electron chi connectivity index (χ0n) is 23.3. The number of methoxy groups -OCH3 is 1. The molecule has 0 saturated carbocycles. The summed E-state index contributed by atoms with van der Waals surface area (Å²) in [6, 6.07) is 14.3. The van der Waals surface area contributed by atoms with Gasteiger partial charge in [-0.05, 0) is 60.7 Å². The van der Waals surface area contributed by atoms with E-state index in [4.69, 9.17) is 4.74 Å². The first-order valence-electron chi connectivity index (χ1n) is 13.3. The number of alkyl halides is 3. The highest BCUT2D eigenvalue weighted by Gasteiger charge is 2.33. The molecule has 13 heteroatoms. The van der Waals surface area contributed by atoms with Crippen molar-refractivity contribution in [3.63, 3.8) is 0 Å². The monoisotopic (exact) mass is 602 g/mol. The lowest BCUT2D eigenvalue weighted by Crippen LogP contribution is -2.49. The van der Waals surface area contributed by atoms with E-state index in [0.29, 0.717) is 35.9 Å². The van der Waals surface area contributed by atoms with E-state index in [0.717, 1.165) is 12.1 Å². The van der Waals surface area contributed by atoms with Gasteiger partial charge in [0.2, 0.25) is 0 Å². The van der Waals surface area contributed by atoms with Crippen molar-refractivity contribution in [2.45, 2.75) is 6.18 Å². The quantitative estimate of drug-likeness (QED) is 0.326. The molecule has 0 bridgehead atoms. The summed E-state index contributed by atoms with van der Waals surface area (Å²) in [5.74, 6) is 5.31. The van der Waals surface area contributed by atoms with E-state index in [9.17, 15) is 27.9 Å². The molecule has 10 nitrogen and oxygen atoms in total. The number of aromatic nitrogens is 3. The predicted octanol–water partition coefficient (Wildman–Crippen LogP) is 4.22. The second kappa shape index (κ2) is 12.7. The number of hydrogen-bond acceptors (Lipinski definition) is 8. The first-order chi connectivity index (χ1) is 21.1. The number of aromatic hydroxyl groups is 1. The maximum absolute atomic E-state index is 13.7. The Bertz CT molecular complexity index is 1730. The molecule has 2 aromatic heterocycles. The van der Waals surface area contributed by atoms with Gasteiger partial charge in [0.25, 0.3) is 11.8 Å². The van der Waals surface area contributed by atoms with Crippen LogP contribution in [0.25, 0.3) is 0 Å². The lowest BCUT2D eigenvalue weighted by atomic mass is 10.0. The number of piperazine rings is 1. The lowest BCUT2D eigenvalue weighted by molar-refractivity contribution is -0.137. The van der Waals surface area contributed by atoms with Gasteiger partial charge in [-0.15, -0.1) is 10.2 Å². The van der Waals surface area contributed by atoms with Crippen molar-refractivity contribution in [3.05, 3.63) is 101 Å². The largest absolute Gasteiger partial charge is 0.506 e. The molecule has 0 aliphatic carbocycles. The number of nitrogens with one attached hydrogen (secondary N) is 1. The van der Waals surface area contributed by atoms with E-state index in [1.54, 1.807) is 37.4 Å². The molecule has 1 aliphatic rings. The smallest absolute Gasteiger partial charge is 0.416 e. The first kappa shape index (κ1) is 29.8. The van der Waals surface area contributed by atoms with E-state index in [1.807, 2.05) is 4.90 Å². The third-order valence-corrected chi connectivity index (χ3v) is 6.70. The summed E-state index contributed by atoms with van der Waals surface area (Å²) in [5.41, 5.74) is -0.152. The Kier molecular flexibility index (Phi) is 8.61. The molecule has 3 heterocycles. The second-order valence-electron chi connectivity index (χ2n) is 9.72.